The third-order valence-electron chi connectivity index (χ3n) is 5.20. The molecule has 0 saturated carbocycles. The third kappa shape index (κ3) is 5.64. The minimum absolute atomic E-state index is 0.0801. The highest BCUT2D eigenvalue weighted by Crippen LogP contribution is 2.36. The van der Waals surface area contributed by atoms with E-state index in [2.05, 4.69) is 20.3 Å². The summed E-state index contributed by atoms with van der Waals surface area (Å²) in [5.74, 6) is 0.100. The topological polar surface area (TPSA) is 86.2 Å². The van der Waals surface area contributed by atoms with Crippen molar-refractivity contribution in [2.24, 2.45) is 5.92 Å². The van der Waals surface area contributed by atoms with E-state index in [1.54, 1.807) is 31.5 Å². The molecule has 2 aromatic heterocycles. The van der Waals surface area contributed by atoms with E-state index in [9.17, 15) is 18.0 Å². The molecule has 2 atom stereocenters. The molecule has 1 amide bonds. The molecule has 0 aliphatic carbocycles. The minimum Gasteiger partial charge on any atom is -0.493 e. The number of hydrogen-bond acceptors (Lipinski definition) is 6. The number of amides is 1. The van der Waals surface area contributed by atoms with Crippen LogP contribution in [0.15, 0.2) is 55.1 Å². The van der Waals surface area contributed by atoms with Gasteiger partial charge in [-0.1, -0.05) is 12.1 Å². The summed E-state index contributed by atoms with van der Waals surface area (Å²) in [4.78, 5) is 24.9. The van der Waals surface area contributed by atoms with Crippen LogP contribution in [0, 0.1) is 12.8 Å². The summed E-state index contributed by atoms with van der Waals surface area (Å²) in [6, 6.07) is 8.58. The maximum absolute atomic E-state index is 12.9. The van der Waals surface area contributed by atoms with Gasteiger partial charge in [-0.05, 0) is 37.1 Å². The zero-order chi connectivity index (χ0) is 23.4. The number of fused-ring (bicyclic) bond motifs is 1. The summed E-state index contributed by atoms with van der Waals surface area (Å²) in [5, 5.41) is 2.57. The van der Waals surface area contributed by atoms with Crippen molar-refractivity contribution in [3.8, 4) is 16.9 Å². The molecule has 1 aliphatic rings. The van der Waals surface area contributed by atoms with Crippen molar-refractivity contribution in [1.82, 2.24) is 20.3 Å². The van der Waals surface area contributed by atoms with Gasteiger partial charge in [-0.3, -0.25) is 9.78 Å². The number of aromatic nitrogens is 3. The summed E-state index contributed by atoms with van der Waals surface area (Å²) in [6.45, 7) is 0.357. The Morgan fingerprint density at radius 1 is 1.21 bits per heavy atom. The van der Waals surface area contributed by atoms with Crippen molar-refractivity contribution < 1.29 is 27.4 Å². The van der Waals surface area contributed by atoms with Crippen molar-refractivity contribution in [2.75, 3.05) is 13.2 Å². The first kappa shape index (κ1) is 22.7. The normalized spacial score (nSPS) is 16.4. The van der Waals surface area contributed by atoms with Crippen LogP contribution in [0.3, 0.4) is 0 Å². The number of pyridine rings is 1. The summed E-state index contributed by atoms with van der Waals surface area (Å²) >= 11 is 0. The Morgan fingerprint density at radius 3 is 2.70 bits per heavy atom. The minimum atomic E-state index is -4.55. The maximum Gasteiger partial charge on any atom is 0.411 e. The molecule has 0 bridgehead atoms. The Hall–Kier alpha value is -3.53. The van der Waals surface area contributed by atoms with E-state index in [1.807, 2.05) is 12.1 Å². The summed E-state index contributed by atoms with van der Waals surface area (Å²) < 4.78 is 49.7. The quantitative estimate of drug-likeness (QED) is 0.567. The lowest BCUT2D eigenvalue weighted by Gasteiger charge is -2.33. The van der Waals surface area contributed by atoms with Crippen molar-refractivity contribution >= 4 is 5.91 Å². The number of carbonyl (C=O) groups is 1. The molecule has 0 fully saturated rings. The van der Waals surface area contributed by atoms with Gasteiger partial charge >= 0.3 is 6.18 Å². The molecule has 10 heteroatoms. The standard InChI is InChI=1S/C23H21F3N4O3/c1-14-28-10-17(11-29-14)18-5-2-6-20-19(18)8-16(12-32-20)22(33-13-23(24,25)26)30-21(31)15-4-3-7-27-9-15/h2-7,9-11,16,22H,8,12-13H2,1H3,(H,30,31)/t16-,22?/m0/s1. The lowest BCUT2D eigenvalue weighted by molar-refractivity contribution is -0.194. The SMILES string of the molecule is Cc1ncc(-c2cccc3c2C[C@H](C(NC(=O)c2cccnc2)OCC(F)(F)F)CO3)cn1. The highest BCUT2D eigenvalue weighted by atomic mass is 19.4. The highest BCUT2D eigenvalue weighted by Gasteiger charge is 2.35. The van der Waals surface area contributed by atoms with Crippen LogP contribution in [-0.4, -0.2) is 46.5 Å². The van der Waals surface area contributed by atoms with Crippen LogP contribution in [-0.2, 0) is 11.2 Å². The van der Waals surface area contributed by atoms with E-state index in [1.165, 1.54) is 18.5 Å². The van der Waals surface area contributed by atoms with Gasteiger partial charge in [0, 0.05) is 41.8 Å². The fourth-order valence-electron chi connectivity index (χ4n) is 3.62. The average molecular weight is 458 g/mol. The molecule has 33 heavy (non-hydrogen) atoms. The number of alkyl halides is 3. The van der Waals surface area contributed by atoms with Gasteiger partial charge in [-0.15, -0.1) is 0 Å². The molecule has 7 nitrogen and oxygen atoms in total. The Labute approximate surface area is 188 Å². The fraction of sp³-hybridized carbons (Fsp3) is 0.304. The van der Waals surface area contributed by atoms with Gasteiger partial charge in [-0.25, -0.2) is 9.97 Å². The second-order valence-electron chi connectivity index (χ2n) is 7.64. The monoisotopic (exact) mass is 458 g/mol. The molecular weight excluding hydrogens is 437 g/mol. The Kier molecular flexibility index (Phi) is 6.55. The number of benzene rings is 1. The van der Waals surface area contributed by atoms with Crippen LogP contribution in [0.5, 0.6) is 5.75 Å². The number of nitrogens with one attached hydrogen (secondary N) is 1. The van der Waals surface area contributed by atoms with E-state index in [0.717, 1.165) is 16.7 Å². The molecule has 0 spiro atoms. The van der Waals surface area contributed by atoms with Gasteiger partial charge < -0.3 is 14.8 Å². The Bertz CT molecular complexity index is 1110. The summed E-state index contributed by atoms with van der Waals surface area (Å²) in [7, 11) is 0. The van der Waals surface area contributed by atoms with Gasteiger partial charge in [0.15, 0.2) is 0 Å². The molecule has 1 unspecified atom stereocenters. The molecule has 1 aliphatic heterocycles. The Morgan fingerprint density at radius 2 is 2.00 bits per heavy atom. The number of hydrogen-bond donors (Lipinski definition) is 1. The second-order valence-corrected chi connectivity index (χ2v) is 7.64. The van der Waals surface area contributed by atoms with Crippen molar-refractivity contribution in [3.05, 3.63) is 72.1 Å². The van der Waals surface area contributed by atoms with Crippen LogP contribution in [0.2, 0.25) is 0 Å². The number of halogens is 3. The first-order chi connectivity index (χ1) is 15.8. The molecule has 3 aromatic rings. The summed E-state index contributed by atoms with van der Waals surface area (Å²) in [6.07, 6.45) is 0.751. The van der Waals surface area contributed by atoms with Gasteiger partial charge in [-0.2, -0.15) is 13.2 Å². The smallest absolute Gasteiger partial charge is 0.411 e. The predicted molar refractivity (Wildman–Crippen MR) is 112 cm³/mol. The lowest BCUT2D eigenvalue weighted by atomic mass is 9.89. The maximum atomic E-state index is 12.9. The van der Waals surface area contributed by atoms with Gasteiger partial charge in [0.2, 0.25) is 0 Å². The van der Waals surface area contributed by atoms with Crippen LogP contribution in [0.4, 0.5) is 13.2 Å². The molecular formula is C23H21F3N4O3. The first-order valence-corrected chi connectivity index (χ1v) is 10.2. The first-order valence-electron chi connectivity index (χ1n) is 10.2. The van der Waals surface area contributed by atoms with E-state index in [-0.39, 0.29) is 12.2 Å². The third-order valence-corrected chi connectivity index (χ3v) is 5.20. The van der Waals surface area contributed by atoms with Gasteiger partial charge in [0.1, 0.15) is 24.4 Å². The highest BCUT2D eigenvalue weighted by molar-refractivity contribution is 5.93. The molecule has 172 valence electrons. The van der Waals surface area contributed by atoms with Crippen LogP contribution in [0.1, 0.15) is 21.7 Å². The van der Waals surface area contributed by atoms with Crippen LogP contribution < -0.4 is 10.1 Å². The zero-order valence-corrected chi connectivity index (χ0v) is 17.7. The van der Waals surface area contributed by atoms with E-state index in [0.29, 0.717) is 18.0 Å². The van der Waals surface area contributed by atoms with Crippen molar-refractivity contribution in [2.45, 2.75) is 25.7 Å². The molecule has 3 heterocycles. The Balaban J connectivity index is 1.60. The summed E-state index contributed by atoms with van der Waals surface area (Å²) in [5.41, 5.74) is 2.57. The molecule has 1 aromatic carbocycles. The zero-order valence-electron chi connectivity index (χ0n) is 17.7. The number of rotatable bonds is 6. The number of carbonyl (C=O) groups excluding carboxylic acids is 1. The lowest BCUT2D eigenvalue weighted by Crippen LogP contribution is -2.47. The number of aryl methyl sites for hydroxylation is 1. The van der Waals surface area contributed by atoms with Crippen LogP contribution in [0.25, 0.3) is 11.1 Å². The van der Waals surface area contributed by atoms with E-state index < -0.39 is 30.8 Å². The predicted octanol–water partition coefficient (Wildman–Crippen LogP) is 3.73. The molecule has 4 rings (SSSR count). The van der Waals surface area contributed by atoms with Crippen LogP contribution >= 0.6 is 0 Å². The average Bonchev–Trinajstić information content (AvgIpc) is 2.81. The molecule has 0 saturated heterocycles. The van der Waals surface area contributed by atoms with Crippen molar-refractivity contribution in [1.29, 1.82) is 0 Å². The van der Waals surface area contributed by atoms with E-state index in [4.69, 9.17) is 9.47 Å². The number of ether oxygens (including phenoxy) is 2. The molecule has 1 N–H and O–H groups in total. The van der Waals surface area contributed by atoms with Crippen molar-refractivity contribution in [3.63, 3.8) is 0 Å². The number of nitrogens with zero attached hydrogens (tertiary/aromatic N) is 3. The molecule has 0 radical (unpaired) electrons. The van der Waals surface area contributed by atoms with Gasteiger partial charge in [0.05, 0.1) is 12.2 Å². The van der Waals surface area contributed by atoms with Gasteiger partial charge in [0.25, 0.3) is 5.91 Å². The largest absolute Gasteiger partial charge is 0.493 e. The fourth-order valence-corrected chi connectivity index (χ4v) is 3.62. The second kappa shape index (κ2) is 9.53. The van der Waals surface area contributed by atoms with E-state index >= 15 is 0 Å².